The number of nitrogens with one attached hydrogen (secondary N) is 2. The number of halogens is 3. The van der Waals surface area contributed by atoms with Crippen LogP contribution in [0.3, 0.4) is 0 Å². The van der Waals surface area contributed by atoms with Crippen LogP contribution in [0.4, 0.5) is 18.9 Å². The van der Waals surface area contributed by atoms with E-state index in [1.807, 2.05) is 0 Å². The van der Waals surface area contributed by atoms with Gasteiger partial charge >= 0.3 is 23.2 Å². The minimum absolute atomic E-state index is 0. The van der Waals surface area contributed by atoms with Crippen LogP contribution in [-0.2, 0) is 23.2 Å². The van der Waals surface area contributed by atoms with Crippen LogP contribution in [0.2, 0.25) is 0 Å². The maximum atomic E-state index is 12.8. The van der Waals surface area contributed by atoms with E-state index in [1.54, 1.807) is 10.6 Å². The number of thiocarbonyl (C=S) groups is 1. The molecule has 2 aliphatic rings. The van der Waals surface area contributed by atoms with Crippen molar-refractivity contribution in [2.45, 2.75) is 75.4 Å². The molecule has 9 heteroatoms. The molecule has 2 unspecified atom stereocenters. The Morgan fingerprint density at radius 2 is 1.02 bits per heavy atom. The molecule has 2 saturated carbocycles. The number of alkyl halides is 3. The Bertz CT molecular complexity index is 1730. The normalized spacial score (nSPS) is 17.1. The Labute approximate surface area is 346 Å². The predicted octanol–water partition coefficient (Wildman–Crippen LogP) is 11.6. The van der Waals surface area contributed by atoms with E-state index in [9.17, 15) is 13.2 Å². The Morgan fingerprint density at radius 1 is 0.600 bits per heavy atom. The molecule has 2 fully saturated rings. The summed E-state index contributed by atoms with van der Waals surface area (Å²) in [5, 5.41) is 12.8. The summed E-state index contributed by atoms with van der Waals surface area (Å²) in [5.74, 6) is 0.443. The second-order valence-electron chi connectivity index (χ2n) is 13.6. The first kappa shape index (κ1) is 46.3. The summed E-state index contributed by atoms with van der Waals surface area (Å²) < 4.78 is 38.5. The van der Waals surface area contributed by atoms with E-state index in [0.717, 1.165) is 24.2 Å². The van der Waals surface area contributed by atoms with E-state index in [0.29, 0.717) is 22.4 Å². The minimum Gasteiger partial charge on any atom is -0.360 e. The summed E-state index contributed by atoms with van der Waals surface area (Å²) in [6, 6.07) is 48.8. The van der Waals surface area contributed by atoms with Gasteiger partial charge in [0.2, 0.25) is 0 Å². The molecule has 7 rings (SSSR count). The van der Waals surface area contributed by atoms with E-state index >= 15 is 0 Å². The molecule has 0 amide bonds. The van der Waals surface area contributed by atoms with E-state index in [1.165, 1.54) is 61.3 Å². The summed E-state index contributed by atoms with van der Waals surface area (Å²) in [6.07, 6.45) is 4.79. The molecule has 292 valence electrons. The minimum atomic E-state index is -4.35. The first-order valence-corrected chi connectivity index (χ1v) is 21.5. The van der Waals surface area contributed by atoms with Gasteiger partial charge in [0.15, 0.2) is 5.11 Å². The Hall–Kier alpha value is -3.04. The molecular weight excluding hydrogens is 787 g/mol. The van der Waals surface area contributed by atoms with Crippen LogP contribution in [0.1, 0.15) is 57.4 Å². The zero-order valence-corrected chi connectivity index (χ0v) is 35.6. The van der Waals surface area contributed by atoms with Gasteiger partial charge in [0.1, 0.15) is 0 Å². The monoisotopic (exact) mass is 840 g/mol. The van der Waals surface area contributed by atoms with Crippen LogP contribution in [0.5, 0.6) is 0 Å². The smallest absolute Gasteiger partial charge is 0.360 e. The first-order chi connectivity index (χ1) is 25.3. The van der Waals surface area contributed by atoms with E-state index in [4.69, 9.17) is 12.2 Å². The van der Waals surface area contributed by atoms with Crippen molar-refractivity contribution in [3.05, 3.63) is 166 Å². The maximum absolute atomic E-state index is 12.8. The molecule has 0 spiro atoms. The standard InChI is InChI=1S/C27H28F3N2PS.C17H19P.2CH3.Fe/c1-19(31-26(34)32-21-17-15-20(16-18-21)27(28,29)30)24-13-8-14-25(24)33(22-9-4-2-5-10-22)23-11-6-3-7-12-23;1-3-9-15(10-4-1)18(17-13-7-8-14-17)16-11-5-2-6-12-16;;;/h2-7,9-12,15-19,24-25H,8,13-14H2,1H3,(H2,31,32,34);1-6,9-12,17H,7-8,13-14H2;2*1H3;/q;;2*-1;+2/t19-,24?,25?;;;;/m1..../s1. The number of hydrogen-bond acceptors (Lipinski definition) is 1. The average molecular weight is 841 g/mol. The SMILES string of the molecule is C[C@@H](NC(=S)Nc1ccc(C(F)(F)F)cc1)C1CCCC1P(c1ccccc1)c1ccccc1.[CH3-].[CH3-].[Fe+2].c1ccc(P(c2ccccc2)C2CCCC2)cc1. The number of benzene rings is 5. The fraction of sp³-hybridized carbons (Fsp3) is 0.283. The van der Waals surface area contributed by atoms with Gasteiger partial charge in [0.05, 0.1) is 5.56 Å². The van der Waals surface area contributed by atoms with Crippen LogP contribution < -0.4 is 31.9 Å². The summed E-state index contributed by atoms with van der Waals surface area (Å²) in [6.45, 7) is 2.16. The third-order valence-corrected chi connectivity index (χ3v) is 16.4. The number of anilines is 1. The topological polar surface area (TPSA) is 24.1 Å². The van der Waals surface area contributed by atoms with Crippen molar-refractivity contribution in [1.82, 2.24) is 5.32 Å². The first-order valence-electron chi connectivity index (χ1n) is 18.3. The molecule has 3 atom stereocenters. The zero-order chi connectivity index (χ0) is 36.3. The summed E-state index contributed by atoms with van der Waals surface area (Å²) >= 11 is 5.51. The van der Waals surface area contributed by atoms with E-state index in [2.05, 4.69) is 139 Å². The van der Waals surface area contributed by atoms with Crippen molar-refractivity contribution in [3.8, 4) is 0 Å². The van der Waals surface area contributed by atoms with Crippen molar-refractivity contribution in [3.63, 3.8) is 0 Å². The zero-order valence-electron chi connectivity index (χ0n) is 31.9. The van der Waals surface area contributed by atoms with Gasteiger partial charge in [0, 0.05) is 11.7 Å². The van der Waals surface area contributed by atoms with Gasteiger partial charge in [-0.05, 0) is 123 Å². The van der Waals surface area contributed by atoms with Crippen molar-refractivity contribution < 1.29 is 30.2 Å². The average Bonchev–Trinajstić information content (AvgIpc) is 3.88. The quantitative estimate of drug-likeness (QED) is 0.0669. The fourth-order valence-electron chi connectivity index (χ4n) is 7.72. The van der Waals surface area contributed by atoms with Crippen LogP contribution in [-0.4, -0.2) is 22.5 Å². The van der Waals surface area contributed by atoms with Gasteiger partial charge in [0.25, 0.3) is 0 Å². The van der Waals surface area contributed by atoms with Gasteiger partial charge < -0.3 is 25.5 Å². The van der Waals surface area contributed by atoms with Crippen LogP contribution in [0.15, 0.2) is 146 Å². The van der Waals surface area contributed by atoms with Gasteiger partial charge in [-0.3, -0.25) is 0 Å². The predicted molar refractivity (Wildman–Crippen MR) is 235 cm³/mol. The van der Waals surface area contributed by atoms with Crippen molar-refractivity contribution >= 4 is 60.1 Å². The van der Waals surface area contributed by atoms with Crippen molar-refractivity contribution in [2.75, 3.05) is 5.32 Å². The summed E-state index contributed by atoms with van der Waals surface area (Å²) in [5.41, 5.74) is 1.28. The maximum Gasteiger partial charge on any atom is 2.00 e. The van der Waals surface area contributed by atoms with Crippen molar-refractivity contribution in [2.24, 2.45) is 5.92 Å². The van der Waals surface area contributed by atoms with Crippen LogP contribution in [0, 0.1) is 20.8 Å². The Morgan fingerprint density at radius 3 is 1.44 bits per heavy atom. The van der Waals surface area contributed by atoms with Crippen molar-refractivity contribution in [1.29, 1.82) is 0 Å². The van der Waals surface area contributed by atoms with Gasteiger partial charge in [-0.15, -0.1) is 0 Å². The molecule has 0 radical (unpaired) electrons. The number of rotatable bonds is 9. The molecule has 0 bridgehead atoms. The molecule has 55 heavy (non-hydrogen) atoms. The third-order valence-electron chi connectivity index (χ3n) is 10.2. The Kier molecular flexibility index (Phi) is 19.1. The molecule has 2 aliphatic carbocycles. The fourth-order valence-corrected chi connectivity index (χ4v) is 14.3. The largest absolute Gasteiger partial charge is 2.00 e. The van der Waals surface area contributed by atoms with E-state index < -0.39 is 19.7 Å². The Balaban J connectivity index is 0.000000328. The molecule has 0 saturated heterocycles. The molecular formula is C46H53F3FeN2P2S. The van der Waals surface area contributed by atoms with Gasteiger partial charge in [-0.1, -0.05) is 141 Å². The second kappa shape index (κ2) is 22.6. The second-order valence-corrected chi connectivity index (χ2v) is 19.0. The van der Waals surface area contributed by atoms with Gasteiger partial charge in [-0.25, -0.2) is 0 Å². The molecule has 2 N–H and O–H groups in total. The summed E-state index contributed by atoms with van der Waals surface area (Å²) in [4.78, 5) is 0. The molecule has 0 aliphatic heterocycles. The molecule has 5 aromatic rings. The molecule has 0 aromatic heterocycles. The van der Waals surface area contributed by atoms with E-state index in [-0.39, 0.29) is 45.9 Å². The summed E-state index contributed by atoms with van der Waals surface area (Å²) in [7, 11) is -0.674. The van der Waals surface area contributed by atoms with Gasteiger partial charge in [-0.2, -0.15) is 13.2 Å². The molecule has 2 nitrogen and oxygen atoms in total. The van der Waals surface area contributed by atoms with Crippen LogP contribution >= 0.6 is 28.1 Å². The molecule has 0 heterocycles. The number of hydrogen-bond donors (Lipinski definition) is 2. The third kappa shape index (κ3) is 12.7. The molecule has 5 aromatic carbocycles. The van der Waals surface area contributed by atoms with Crippen LogP contribution in [0.25, 0.3) is 0 Å².